The summed E-state index contributed by atoms with van der Waals surface area (Å²) < 4.78 is 159. The van der Waals surface area contributed by atoms with Crippen LogP contribution in [0.5, 0.6) is 0 Å². The number of nitrogens with zero attached hydrogens (tertiary/aromatic N) is 5. The number of amides is 6. The number of guanidine groups is 1. The Morgan fingerprint density at radius 1 is 0.583 bits per heavy atom. The van der Waals surface area contributed by atoms with E-state index in [0.717, 1.165) is 39.0 Å². The number of carbonyl (C=O) groups excluding carboxylic acids is 6. The van der Waals surface area contributed by atoms with E-state index in [1.54, 1.807) is 29.2 Å². The second-order valence-corrected chi connectivity index (χ2v) is 19.8. The fraction of sp³-hybridized carbons (Fsp3) is 0.538. The number of nitrogens with one attached hydrogen (secondary N) is 5. The summed E-state index contributed by atoms with van der Waals surface area (Å²) in [6.45, 7) is 7.98. The van der Waals surface area contributed by atoms with Crippen molar-refractivity contribution in [3.05, 3.63) is 54.1 Å². The third-order valence-corrected chi connectivity index (χ3v) is 12.3. The Kier molecular flexibility index (Phi) is 37.0. The lowest BCUT2D eigenvalue weighted by atomic mass is 10.0. The fourth-order valence-electron chi connectivity index (χ4n) is 7.89. The number of aliphatic imine (C=N–C) groups is 1. The molecule has 96 heavy (non-hydrogen) atoms. The van der Waals surface area contributed by atoms with Gasteiger partial charge < -0.3 is 64.0 Å². The summed E-state index contributed by atoms with van der Waals surface area (Å²) in [7, 11) is 0. The molecule has 2 aromatic rings. The monoisotopic (exact) mass is 1420 g/mol. The molecular formula is C52H68F15N13O16. The van der Waals surface area contributed by atoms with E-state index in [1.165, 1.54) is 6.92 Å². The molecule has 5 rings (SSSR count). The number of hydrogen-bond acceptors (Lipinski definition) is 17. The number of likely N-dealkylation sites (tertiary alicyclic amines) is 1. The van der Waals surface area contributed by atoms with E-state index < -0.39 is 84.6 Å². The molecule has 44 heteroatoms. The molecule has 3 aliphatic heterocycles. The second kappa shape index (κ2) is 40.9. The molecular weight excluding hydrogens is 1350 g/mol. The molecule has 29 nitrogen and oxygen atoms in total. The molecule has 0 unspecified atom stereocenters. The summed E-state index contributed by atoms with van der Waals surface area (Å²) in [6, 6.07) is 12.9. The van der Waals surface area contributed by atoms with Crippen molar-refractivity contribution < 1.29 is 144 Å². The summed E-state index contributed by atoms with van der Waals surface area (Å²) in [5, 5.41) is 50.2. The third-order valence-electron chi connectivity index (χ3n) is 12.3. The Labute approximate surface area is 533 Å². The van der Waals surface area contributed by atoms with Crippen LogP contribution in [0.25, 0.3) is 0 Å². The smallest absolute Gasteiger partial charge is 0.475 e. The van der Waals surface area contributed by atoms with Crippen molar-refractivity contribution in [3.63, 3.8) is 0 Å². The second-order valence-electron chi connectivity index (χ2n) is 19.8. The van der Waals surface area contributed by atoms with Crippen LogP contribution in [0.1, 0.15) is 62.2 Å². The summed E-state index contributed by atoms with van der Waals surface area (Å²) in [5.74, 6) is -15.6. The lowest BCUT2D eigenvalue weighted by Gasteiger charge is -2.36. The van der Waals surface area contributed by atoms with Crippen LogP contribution in [0.3, 0.4) is 0 Å². The topological polar surface area (TPSA) is 452 Å². The van der Waals surface area contributed by atoms with Crippen molar-refractivity contribution in [2.75, 3.05) is 88.8 Å². The SMILES string of the molecule is CC(=O)NC(=O)[C@H](CCCCN)NC(=O)[C@H](CCCN=C(N)N)NCCN1CCN(CC(=O)NC2CCN(CC(=O)N3c4ccccc4NC(=O)c4ccccc43)CC2)CC1.O=C(O)C(F)(F)F.O=C(O)C(F)(F)F.O=C(O)C(F)(F)F.O=C(O)C(F)(F)F.O=C(O)C(F)(F)F. The highest BCUT2D eigenvalue weighted by molar-refractivity contribution is 6.18. The van der Waals surface area contributed by atoms with Crippen LogP contribution >= 0.6 is 0 Å². The zero-order valence-electron chi connectivity index (χ0n) is 50.2. The molecule has 0 aliphatic carbocycles. The van der Waals surface area contributed by atoms with E-state index in [4.69, 9.17) is 66.7 Å². The number of imide groups is 1. The molecule has 3 heterocycles. The highest BCUT2D eigenvalue weighted by atomic mass is 19.4. The summed E-state index contributed by atoms with van der Waals surface area (Å²) in [6.07, 6.45) is -21.4. The number of anilines is 3. The van der Waals surface area contributed by atoms with Gasteiger partial charge in [-0.3, -0.25) is 58.7 Å². The summed E-state index contributed by atoms with van der Waals surface area (Å²) >= 11 is 0. The van der Waals surface area contributed by atoms with E-state index in [0.29, 0.717) is 101 Å². The van der Waals surface area contributed by atoms with E-state index in [-0.39, 0.29) is 42.2 Å². The molecule has 2 fully saturated rings. The van der Waals surface area contributed by atoms with Crippen LogP contribution in [0.4, 0.5) is 82.9 Å². The first-order valence-corrected chi connectivity index (χ1v) is 27.5. The van der Waals surface area contributed by atoms with Crippen molar-refractivity contribution in [1.82, 2.24) is 36.0 Å². The maximum Gasteiger partial charge on any atom is 0.490 e. The molecule has 0 spiro atoms. The van der Waals surface area contributed by atoms with Crippen molar-refractivity contribution >= 4 is 88.3 Å². The van der Waals surface area contributed by atoms with Crippen LogP contribution < -0.4 is 48.7 Å². The average molecular weight is 1420 g/mol. The Morgan fingerprint density at radius 2 is 1.01 bits per heavy atom. The van der Waals surface area contributed by atoms with Crippen LogP contribution in [-0.4, -0.2) is 239 Å². The minimum absolute atomic E-state index is 0.0158. The lowest BCUT2D eigenvalue weighted by Crippen LogP contribution is -2.55. The number of benzene rings is 2. The summed E-state index contributed by atoms with van der Waals surface area (Å²) in [4.78, 5) is 134. The van der Waals surface area contributed by atoms with Crippen molar-refractivity contribution in [2.24, 2.45) is 22.2 Å². The standard InChI is InChI=1S/C42H63N13O6.5C2HF3O2/c1-29(56)48-41(61)34(11-6-7-17-43)51-40(60)33(12-8-18-47-42(44)45)46-19-22-52-23-25-54(26-24-52)27-37(57)49-30-15-20-53(21-16-30)28-38(58)55-35-13-4-2-9-31(35)39(59)50-32-10-3-5-14-36(32)55;5*3-2(4,5)1(6)7/h2-5,9-10,13-14,30,33-34,46H,6-8,11-12,15-28,43H2,1H3,(H,49,57)(H,50,59)(H,51,60)(H4,44,45,47)(H,48,56,61);5*(H,6,7)/t33-,34-;;;;;/m0...../s1. The van der Waals surface area contributed by atoms with Gasteiger partial charge in [-0.15, -0.1) is 0 Å². The molecule has 2 saturated heterocycles. The molecule has 0 bridgehead atoms. The molecule has 2 atom stereocenters. The van der Waals surface area contributed by atoms with Gasteiger partial charge >= 0.3 is 60.7 Å². The quantitative estimate of drug-likeness (QED) is 0.0392. The van der Waals surface area contributed by atoms with Gasteiger partial charge in [0.1, 0.15) is 6.04 Å². The van der Waals surface area contributed by atoms with Gasteiger partial charge in [0.05, 0.1) is 41.8 Å². The van der Waals surface area contributed by atoms with Gasteiger partial charge in [-0.05, 0) is 75.8 Å². The zero-order valence-corrected chi connectivity index (χ0v) is 50.2. The van der Waals surface area contributed by atoms with Crippen molar-refractivity contribution in [1.29, 1.82) is 0 Å². The highest BCUT2D eigenvalue weighted by Crippen LogP contribution is 2.38. The normalized spacial score (nSPS) is 15.0. The van der Waals surface area contributed by atoms with Crippen LogP contribution in [0.15, 0.2) is 53.5 Å². The Morgan fingerprint density at radius 3 is 1.46 bits per heavy atom. The average Bonchev–Trinajstić information content (AvgIpc) is 1.59. The number of rotatable bonds is 20. The van der Waals surface area contributed by atoms with E-state index in [1.807, 2.05) is 24.3 Å². The third kappa shape index (κ3) is 35.9. The number of piperazine rings is 1. The van der Waals surface area contributed by atoms with Gasteiger partial charge in [-0.25, -0.2) is 24.0 Å². The maximum absolute atomic E-state index is 13.9. The van der Waals surface area contributed by atoms with Gasteiger partial charge in [0.25, 0.3) is 5.91 Å². The molecule has 6 amide bonds. The number of carboxylic acids is 5. The van der Waals surface area contributed by atoms with E-state index >= 15 is 0 Å². The number of aliphatic carboxylic acids is 5. The molecule has 0 aromatic heterocycles. The van der Waals surface area contributed by atoms with E-state index in [2.05, 4.69) is 46.3 Å². The number of nitrogens with two attached hydrogens (primary N) is 3. The number of carboxylic acid groups (broad SMARTS) is 5. The number of piperidine rings is 1. The molecule has 0 radical (unpaired) electrons. The van der Waals surface area contributed by atoms with Crippen molar-refractivity contribution in [3.8, 4) is 0 Å². The van der Waals surface area contributed by atoms with Gasteiger partial charge in [0.2, 0.25) is 29.5 Å². The maximum atomic E-state index is 13.9. The minimum atomic E-state index is -5.08. The van der Waals surface area contributed by atoms with Crippen LogP contribution in [0.2, 0.25) is 0 Å². The van der Waals surface area contributed by atoms with Crippen LogP contribution in [-0.2, 0) is 47.9 Å². The van der Waals surface area contributed by atoms with Gasteiger partial charge in [-0.1, -0.05) is 24.3 Å². The predicted octanol–water partition coefficient (Wildman–Crippen LogP) is 2.57. The number of para-hydroxylation sites is 3. The highest BCUT2D eigenvalue weighted by Gasteiger charge is 2.41. The van der Waals surface area contributed by atoms with Gasteiger partial charge in [0.15, 0.2) is 5.96 Å². The van der Waals surface area contributed by atoms with Crippen molar-refractivity contribution in [2.45, 2.75) is 101 Å². The van der Waals surface area contributed by atoms with Gasteiger partial charge in [-0.2, -0.15) is 65.9 Å². The number of fused-ring (bicyclic) bond motifs is 2. The number of hydrogen-bond donors (Lipinski definition) is 13. The molecule has 2 aromatic carbocycles. The molecule has 3 aliphatic rings. The van der Waals surface area contributed by atoms with Gasteiger partial charge in [0, 0.05) is 71.9 Å². The molecule has 542 valence electrons. The zero-order chi connectivity index (χ0) is 74.1. The fourth-order valence-corrected chi connectivity index (χ4v) is 7.89. The Hall–Kier alpha value is -9.17. The minimum Gasteiger partial charge on any atom is -0.475 e. The summed E-state index contributed by atoms with van der Waals surface area (Å²) in [5.41, 5.74) is 18.8. The first-order chi connectivity index (χ1) is 44.1. The number of alkyl halides is 15. The predicted molar refractivity (Wildman–Crippen MR) is 302 cm³/mol. The largest absolute Gasteiger partial charge is 0.490 e. The number of unbranched alkanes of at least 4 members (excludes halogenated alkanes) is 1. The molecule has 16 N–H and O–H groups in total. The molecule has 0 saturated carbocycles. The lowest BCUT2D eigenvalue weighted by molar-refractivity contribution is -0.193. The first-order valence-electron chi connectivity index (χ1n) is 27.5. The number of halogens is 15. The van der Waals surface area contributed by atoms with Crippen LogP contribution in [0, 0.1) is 0 Å². The first kappa shape index (κ1) is 86.8. The Bertz CT molecular complexity index is 2800. The van der Waals surface area contributed by atoms with E-state index in [9.17, 15) is 94.6 Å². The Balaban J connectivity index is 0.00000208. The number of carbonyl (C=O) groups is 11.